The second-order valence-corrected chi connectivity index (χ2v) is 13.1. The number of anilines is 1. The Hall–Kier alpha value is -4.63. The van der Waals surface area contributed by atoms with Gasteiger partial charge in [0.15, 0.2) is 4.80 Å². The van der Waals surface area contributed by atoms with Gasteiger partial charge in [-0.2, -0.15) is 0 Å². The summed E-state index contributed by atoms with van der Waals surface area (Å²) in [5.41, 5.74) is 5.94. The first-order valence-corrected chi connectivity index (χ1v) is 16.4. The van der Waals surface area contributed by atoms with Crippen molar-refractivity contribution in [1.82, 2.24) is 4.57 Å². The molecule has 1 aromatic heterocycles. The molecule has 0 aliphatic carbocycles. The number of carbonyl (C=O) groups is 1. The van der Waals surface area contributed by atoms with Crippen molar-refractivity contribution in [3.8, 4) is 11.5 Å². The first-order chi connectivity index (χ1) is 22.6. The Labute approximate surface area is 286 Å². The molecule has 47 heavy (non-hydrogen) atoms. The number of amides is 1. The fraction of sp³-hybridized carbons (Fsp3) is 0.162. The van der Waals surface area contributed by atoms with Crippen LogP contribution in [0.5, 0.6) is 11.5 Å². The quantitative estimate of drug-likeness (QED) is 0.185. The Morgan fingerprint density at radius 1 is 0.936 bits per heavy atom. The Morgan fingerprint density at radius 3 is 2.34 bits per heavy atom. The number of fused-ring (bicyclic) bond motifs is 1. The van der Waals surface area contributed by atoms with Crippen molar-refractivity contribution >= 4 is 52.2 Å². The lowest BCUT2D eigenvalue weighted by molar-refractivity contribution is -0.113. The number of thiazole rings is 1. The fourth-order valence-electron chi connectivity index (χ4n) is 5.46. The molecule has 0 bridgehead atoms. The second kappa shape index (κ2) is 13.6. The number of hydrogen-bond donors (Lipinski definition) is 1. The zero-order valence-electron chi connectivity index (χ0n) is 26.1. The molecule has 2 heterocycles. The average Bonchev–Trinajstić information content (AvgIpc) is 3.36. The number of carbonyl (C=O) groups excluding carboxylic acids is 1. The Bertz CT molecular complexity index is 2200. The monoisotopic (exact) mass is 683 g/mol. The van der Waals surface area contributed by atoms with Gasteiger partial charge in [0.1, 0.15) is 18.1 Å². The van der Waals surface area contributed by atoms with Gasteiger partial charge >= 0.3 is 0 Å². The summed E-state index contributed by atoms with van der Waals surface area (Å²) in [6, 6.07) is 25.4. The number of hydrogen-bond acceptors (Lipinski definition) is 6. The van der Waals surface area contributed by atoms with Gasteiger partial charge in [0.05, 0.1) is 39.0 Å². The minimum Gasteiger partial charge on any atom is -0.497 e. The smallest absolute Gasteiger partial charge is 0.271 e. The lowest BCUT2D eigenvalue weighted by Gasteiger charge is -2.25. The molecule has 1 amide bonds. The topological polar surface area (TPSA) is 81.9 Å². The highest BCUT2D eigenvalue weighted by Gasteiger charge is 2.32. The molecule has 0 saturated carbocycles. The number of aromatic nitrogens is 1. The molecule has 0 saturated heterocycles. The van der Waals surface area contributed by atoms with Gasteiger partial charge in [-0.15, -0.1) is 0 Å². The molecule has 1 aliphatic heterocycles. The number of halogens is 2. The van der Waals surface area contributed by atoms with Crippen LogP contribution in [0.1, 0.15) is 40.8 Å². The molecule has 1 N–H and O–H groups in total. The van der Waals surface area contributed by atoms with Gasteiger partial charge in [-0.05, 0) is 91.6 Å². The number of aryl methyl sites for hydroxylation is 2. The van der Waals surface area contributed by atoms with E-state index < -0.39 is 6.04 Å². The summed E-state index contributed by atoms with van der Waals surface area (Å²) >= 11 is 13.4. The van der Waals surface area contributed by atoms with Crippen LogP contribution in [0.15, 0.2) is 106 Å². The van der Waals surface area contributed by atoms with Crippen molar-refractivity contribution in [3.05, 3.63) is 154 Å². The Balaban J connectivity index is 1.34. The van der Waals surface area contributed by atoms with Crippen molar-refractivity contribution in [1.29, 1.82) is 0 Å². The SMILES string of the molecule is COc1ccc([C@H]2C(C(=O)Nc3ccc(C)cc3C)=C(C)N=c3s/c(=C/c4ccc(OCc5ccc(Cl)c(Cl)c5)cc4)c(=O)n32)cc1. The van der Waals surface area contributed by atoms with E-state index >= 15 is 0 Å². The van der Waals surface area contributed by atoms with Gasteiger partial charge in [0, 0.05) is 5.69 Å². The molecule has 6 rings (SSSR count). The van der Waals surface area contributed by atoms with Crippen LogP contribution in [0.3, 0.4) is 0 Å². The maximum Gasteiger partial charge on any atom is 0.271 e. The zero-order valence-corrected chi connectivity index (χ0v) is 28.5. The fourth-order valence-corrected chi connectivity index (χ4v) is 6.83. The number of nitrogens with zero attached hydrogens (tertiary/aromatic N) is 2. The molecule has 7 nitrogen and oxygen atoms in total. The van der Waals surface area contributed by atoms with Gasteiger partial charge in [0.25, 0.3) is 11.5 Å². The van der Waals surface area contributed by atoms with Crippen LogP contribution in [-0.4, -0.2) is 17.6 Å². The summed E-state index contributed by atoms with van der Waals surface area (Å²) in [5.74, 6) is 1.03. The van der Waals surface area contributed by atoms with Crippen molar-refractivity contribution in [3.63, 3.8) is 0 Å². The number of nitrogens with one attached hydrogen (secondary N) is 1. The third-order valence-electron chi connectivity index (χ3n) is 7.90. The van der Waals surface area contributed by atoms with E-state index in [4.69, 9.17) is 37.7 Å². The van der Waals surface area contributed by atoms with Crippen LogP contribution < -0.4 is 29.7 Å². The average molecular weight is 685 g/mol. The summed E-state index contributed by atoms with van der Waals surface area (Å²) < 4.78 is 13.4. The highest BCUT2D eigenvalue weighted by molar-refractivity contribution is 7.07. The summed E-state index contributed by atoms with van der Waals surface area (Å²) in [6.07, 6.45) is 1.83. The van der Waals surface area contributed by atoms with Crippen LogP contribution >= 0.6 is 34.5 Å². The molecule has 1 atom stereocenters. The molecule has 5 aromatic rings. The molecule has 238 valence electrons. The number of rotatable bonds is 8. The van der Waals surface area contributed by atoms with E-state index in [1.807, 2.05) is 92.7 Å². The highest BCUT2D eigenvalue weighted by atomic mass is 35.5. The third kappa shape index (κ3) is 6.90. The van der Waals surface area contributed by atoms with E-state index in [0.29, 0.717) is 54.4 Å². The number of methoxy groups -OCH3 is 1. The maximum absolute atomic E-state index is 14.1. The maximum atomic E-state index is 14.1. The van der Waals surface area contributed by atoms with Crippen molar-refractivity contribution in [2.45, 2.75) is 33.4 Å². The van der Waals surface area contributed by atoms with Crippen LogP contribution in [0.2, 0.25) is 10.0 Å². The van der Waals surface area contributed by atoms with E-state index in [2.05, 4.69) is 5.32 Å². The van der Waals surface area contributed by atoms with Crippen LogP contribution in [0.25, 0.3) is 6.08 Å². The first-order valence-electron chi connectivity index (χ1n) is 14.8. The molecule has 0 fully saturated rings. The van der Waals surface area contributed by atoms with Crippen LogP contribution in [0.4, 0.5) is 5.69 Å². The predicted octanol–water partition coefficient (Wildman–Crippen LogP) is 7.39. The minimum atomic E-state index is -0.692. The van der Waals surface area contributed by atoms with E-state index in [0.717, 1.165) is 27.8 Å². The van der Waals surface area contributed by atoms with E-state index in [1.54, 1.807) is 30.7 Å². The molecule has 0 spiro atoms. The predicted molar refractivity (Wildman–Crippen MR) is 189 cm³/mol. The third-order valence-corrected chi connectivity index (χ3v) is 9.62. The minimum absolute atomic E-state index is 0.237. The van der Waals surface area contributed by atoms with Crippen molar-refractivity contribution in [2.24, 2.45) is 4.99 Å². The van der Waals surface area contributed by atoms with Crippen LogP contribution in [0, 0.1) is 13.8 Å². The number of ether oxygens (including phenoxy) is 2. The summed E-state index contributed by atoms with van der Waals surface area (Å²) in [5, 5.41) is 4.03. The molecular weight excluding hydrogens is 653 g/mol. The van der Waals surface area contributed by atoms with E-state index in [1.165, 1.54) is 11.3 Å². The van der Waals surface area contributed by atoms with Gasteiger partial charge < -0.3 is 14.8 Å². The second-order valence-electron chi connectivity index (χ2n) is 11.2. The van der Waals surface area contributed by atoms with Gasteiger partial charge in [-0.3, -0.25) is 14.2 Å². The van der Waals surface area contributed by atoms with Gasteiger partial charge in [0.2, 0.25) is 0 Å². The normalized spacial score (nSPS) is 14.4. The summed E-state index contributed by atoms with van der Waals surface area (Å²) in [6.45, 7) is 6.10. The molecular formula is C37H31Cl2N3O4S. The van der Waals surface area contributed by atoms with Crippen molar-refractivity contribution in [2.75, 3.05) is 12.4 Å². The molecule has 4 aromatic carbocycles. The number of allylic oxidation sites excluding steroid dienone is 1. The molecule has 0 unspecified atom stereocenters. The van der Waals surface area contributed by atoms with Gasteiger partial charge in [-0.25, -0.2) is 4.99 Å². The highest BCUT2D eigenvalue weighted by Crippen LogP contribution is 2.32. The molecule has 10 heteroatoms. The van der Waals surface area contributed by atoms with Crippen molar-refractivity contribution < 1.29 is 14.3 Å². The molecule has 1 aliphatic rings. The Morgan fingerprint density at radius 2 is 1.66 bits per heavy atom. The number of benzene rings is 4. The standard InChI is InChI=1S/C37H31Cl2N3O4S/c1-21-5-16-31(22(2)17-21)41-35(43)33-23(3)40-37-42(34(33)26-9-13-27(45-4)14-10-26)36(44)32(47-37)19-24-6-11-28(12-7-24)46-20-25-8-15-29(38)30(39)18-25/h5-19,34H,20H2,1-4H3,(H,41,43)/b32-19+/t34-/m0/s1. The zero-order chi connectivity index (χ0) is 33.2. The van der Waals surface area contributed by atoms with E-state index in [9.17, 15) is 9.59 Å². The van der Waals surface area contributed by atoms with Crippen LogP contribution in [-0.2, 0) is 11.4 Å². The lowest BCUT2D eigenvalue weighted by atomic mass is 9.95. The summed E-state index contributed by atoms with van der Waals surface area (Å²) in [4.78, 5) is 33.3. The lowest BCUT2D eigenvalue weighted by Crippen LogP contribution is -2.40. The molecule has 0 radical (unpaired) electrons. The first kappa shape index (κ1) is 32.3. The largest absolute Gasteiger partial charge is 0.497 e. The summed E-state index contributed by atoms with van der Waals surface area (Å²) in [7, 11) is 1.60. The van der Waals surface area contributed by atoms with E-state index in [-0.39, 0.29) is 11.5 Å². The Kier molecular flexibility index (Phi) is 9.36. The van der Waals surface area contributed by atoms with Gasteiger partial charge in [-0.1, -0.05) is 82.6 Å².